The van der Waals surface area contributed by atoms with Crippen LogP contribution in [0, 0.1) is 11.8 Å². The number of nitrogens with zero attached hydrogens (tertiary/aromatic N) is 1. The predicted molar refractivity (Wildman–Crippen MR) is 105 cm³/mol. The number of likely N-dealkylation sites (tertiary alicyclic amines) is 1. The normalized spacial score (nSPS) is 17.1. The van der Waals surface area contributed by atoms with Gasteiger partial charge in [-0.3, -0.25) is 14.5 Å². The maximum Gasteiger partial charge on any atom is 0.251 e. The summed E-state index contributed by atoms with van der Waals surface area (Å²) in [5.74, 6) is 1.17. The number of piperidine rings is 1. The molecule has 2 amide bonds. The zero-order valence-electron chi connectivity index (χ0n) is 16.3. The number of carbonyl (C=O) groups is 2. The quantitative estimate of drug-likeness (QED) is 0.750. The third-order valence-corrected chi connectivity index (χ3v) is 5.24. The molecule has 1 atom stereocenters. The molecule has 144 valence electrons. The summed E-state index contributed by atoms with van der Waals surface area (Å²) in [4.78, 5) is 26.6. The highest BCUT2D eigenvalue weighted by Gasteiger charge is 2.25. The Labute approximate surface area is 157 Å². The van der Waals surface area contributed by atoms with E-state index >= 15 is 0 Å². The first kappa shape index (κ1) is 20.4. The van der Waals surface area contributed by atoms with E-state index in [4.69, 9.17) is 0 Å². The average Bonchev–Trinajstić information content (AvgIpc) is 2.63. The molecule has 1 aliphatic heterocycles. The van der Waals surface area contributed by atoms with Gasteiger partial charge in [-0.25, -0.2) is 0 Å². The Balaban J connectivity index is 1.70. The van der Waals surface area contributed by atoms with Crippen molar-refractivity contribution in [2.75, 3.05) is 26.2 Å². The Kier molecular flexibility index (Phi) is 8.10. The van der Waals surface area contributed by atoms with Gasteiger partial charge in [-0.2, -0.15) is 0 Å². The summed E-state index contributed by atoms with van der Waals surface area (Å²) in [7, 11) is 0. The van der Waals surface area contributed by atoms with Gasteiger partial charge in [0.1, 0.15) is 0 Å². The first-order chi connectivity index (χ1) is 12.5. The topological polar surface area (TPSA) is 61.4 Å². The summed E-state index contributed by atoms with van der Waals surface area (Å²) in [5, 5.41) is 5.85. The fourth-order valence-electron chi connectivity index (χ4n) is 3.43. The molecule has 2 N–H and O–H groups in total. The monoisotopic (exact) mass is 359 g/mol. The lowest BCUT2D eigenvalue weighted by atomic mass is 9.94. The van der Waals surface area contributed by atoms with Gasteiger partial charge in [0.25, 0.3) is 5.91 Å². The van der Waals surface area contributed by atoms with Crippen molar-refractivity contribution in [3.8, 4) is 0 Å². The van der Waals surface area contributed by atoms with Crippen LogP contribution in [-0.4, -0.2) is 48.9 Å². The molecule has 1 heterocycles. The molecule has 1 fully saturated rings. The minimum Gasteiger partial charge on any atom is -0.354 e. The molecule has 0 bridgehead atoms. The molecule has 2 rings (SSSR count). The van der Waals surface area contributed by atoms with E-state index < -0.39 is 0 Å². The Morgan fingerprint density at radius 2 is 1.77 bits per heavy atom. The molecule has 1 saturated heterocycles. The van der Waals surface area contributed by atoms with Crippen molar-refractivity contribution >= 4 is 11.8 Å². The molecule has 5 heteroatoms. The molecule has 1 aliphatic rings. The van der Waals surface area contributed by atoms with Gasteiger partial charge >= 0.3 is 0 Å². The van der Waals surface area contributed by atoms with E-state index in [1.165, 1.54) is 12.8 Å². The number of carbonyl (C=O) groups excluding carboxylic acids is 2. The van der Waals surface area contributed by atoms with Crippen molar-refractivity contribution in [2.24, 2.45) is 11.8 Å². The van der Waals surface area contributed by atoms with Crippen molar-refractivity contribution in [3.63, 3.8) is 0 Å². The average molecular weight is 360 g/mol. The van der Waals surface area contributed by atoms with Crippen LogP contribution in [0.1, 0.15) is 50.4 Å². The second-order valence-electron chi connectivity index (χ2n) is 7.71. The van der Waals surface area contributed by atoms with E-state index in [2.05, 4.69) is 36.3 Å². The Morgan fingerprint density at radius 1 is 1.12 bits per heavy atom. The smallest absolute Gasteiger partial charge is 0.251 e. The van der Waals surface area contributed by atoms with Gasteiger partial charge in [0.05, 0.1) is 0 Å². The molecule has 0 radical (unpaired) electrons. The third-order valence-electron chi connectivity index (χ3n) is 5.24. The van der Waals surface area contributed by atoms with Crippen LogP contribution >= 0.6 is 0 Å². The van der Waals surface area contributed by atoms with Gasteiger partial charge in [-0.15, -0.1) is 0 Å². The number of amides is 2. The number of nitrogens with one attached hydrogen (secondary N) is 2. The van der Waals surface area contributed by atoms with Crippen LogP contribution in [0.5, 0.6) is 0 Å². The van der Waals surface area contributed by atoms with E-state index in [0.29, 0.717) is 37.0 Å². The van der Waals surface area contributed by atoms with Crippen molar-refractivity contribution in [1.29, 1.82) is 0 Å². The maximum absolute atomic E-state index is 12.1. The Bertz CT molecular complexity index is 566. The zero-order chi connectivity index (χ0) is 18.9. The number of hydrogen-bond donors (Lipinski definition) is 2. The van der Waals surface area contributed by atoms with Gasteiger partial charge in [0, 0.05) is 31.1 Å². The zero-order valence-corrected chi connectivity index (χ0v) is 16.3. The van der Waals surface area contributed by atoms with Crippen LogP contribution in [0.25, 0.3) is 0 Å². The van der Waals surface area contributed by atoms with Crippen molar-refractivity contribution < 1.29 is 9.59 Å². The van der Waals surface area contributed by atoms with E-state index in [-0.39, 0.29) is 11.8 Å². The third kappa shape index (κ3) is 6.45. The summed E-state index contributed by atoms with van der Waals surface area (Å²) < 4.78 is 0. The summed E-state index contributed by atoms with van der Waals surface area (Å²) in [5.41, 5.74) is 0.618. The van der Waals surface area contributed by atoms with Gasteiger partial charge in [-0.1, -0.05) is 39.0 Å². The van der Waals surface area contributed by atoms with Crippen LogP contribution in [-0.2, 0) is 4.79 Å². The lowest BCUT2D eigenvalue weighted by Gasteiger charge is -2.38. The van der Waals surface area contributed by atoms with Gasteiger partial charge in [0.2, 0.25) is 5.91 Å². The number of hydrogen-bond acceptors (Lipinski definition) is 3. The molecule has 1 aromatic rings. The van der Waals surface area contributed by atoms with Crippen molar-refractivity contribution in [1.82, 2.24) is 15.5 Å². The van der Waals surface area contributed by atoms with E-state index in [9.17, 15) is 9.59 Å². The molecular weight excluding hydrogens is 326 g/mol. The van der Waals surface area contributed by atoms with Crippen molar-refractivity contribution in [2.45, 2.75) is 46.1 Å². The van der Waals surface area contributed by atoms with Crippen LogP contribution in [0.2, 0.25) is 0 Å². The fourth-order valence-corrected chi connectivity index (χ4v) is 3.43. The molecule has 1 aromatic carbocycles. The van der Waals surface area contributed by atoms with E-state index in [0.717, 1.165) is 19.0 Å². The summed E-state index contributed by atoms with van der Waals surface area (Å²) in [6.07, 6.45) is 2.78. The standard InChI is InChI=1S/C21H33N3O2/c1-16(2)19(24-13-10-17(3)11-14-24)15-23-20(25)9-12-22-21(26)18-7-5-4-6-8-18/h4-8,16-17,19H,9-15H2,1-3H3,(H,22,26)(H,23,25). The highest BCUT2D eigenvalue weighted by atomic mass is 16.2. The molecule has 0 aliphatic carbocycles. The molecule has 0 spiro atoms. The minimum atomic E-state index is -0.138. The lowest BCUT2D eigenvalue weighted by molar-refractivity contribution is -0.121. The molecule has 1 unspecified atom stereocenters. The highest BCUT2D eigenvalue weighted by molar-refractivity contribution is 5.94. The van der Waals surface area contributed by atoms with Crippen LogP contribution < -0.4 is 10.6 Å². The lowest BCUT2D eigenvalue weighted by Crippen LogP contribution is -2.49. The van der Waals surface area contributed by atoms with Crippen LogP contribution in [0.4, 0.5) is 0 Å². The molecule has 26 heavy (non-hydrogen) atoms. The first-order valence-corrected chi connectivity index (χ1v) is 9.81. The van der Waals surface area contributed by atoms with E-state index in [1.54, 1.807) is 12.1 Å². The van der Waals surface area contributed by atoms with Crippen LogP contribution in [0.15, 0.2) is 30.3 Å². The first-order valence-electron chi connectivity index (χ1n) is 9.81. The number of rotatable bonds is 8. The van der Waals surface area contributed by atoms with Gasteiger partial charge < -0.3 is 10.6 Å². The predicted octanol–water partition coefficient (Wildman–Crippen LogP) is 2.68. The Hall–Kier alpha value is -1.88. The molecule has 5 nitrogen and oxygen atoms in total. The van der Waals surface area contributed by atoms with Gasteiger partial charge in [0.15, 0.2) is 0 Å². The Morgan fingerprint density at radius 3 is 2.38 bits per heavy atom. The van der Waals surface area contributed by atoms with E-state index in [1.807, 2.05) is 18.2 Å². The largest absolute Gasteiger partial charge is 0.354 e. The highest BCUT2D eigenvalue weighted by Crippen LogP contribution is 2.21. The SMILES string of the molecule is CC1CCN(C(CNC(=O)CCNC(=O)c2ccccc2)C(C)C)CC1. The van der Waals surface area contributed by atoms with Crippen molar-refractivity contribution in [3.05, 3.63) is 35.9 Å². The molecule has 0 saturated carbocycles. The number of benzene rings is 1. The summed E-state index contributed by atoms with van der Waals surface area (Å²) in [6, 6.07) is 9.44. The minimum absolute atomic E-state index is 0.00520. The second-order valence-corrected chi connectivity index (χ2v) is 7.71. The maximum atomic E-state index is 12.1. The summed E-state index contributed by atoms with van der Waals surface area (Å²) >= 11 is 0. The van der Waals surface area contributed by atoms with Gasteiger partial charge in [-0.05, 0) is 49.9 Å². The fraction of sp³-hybridized carbons (Fsp3) is 0.619. The summed E-state index contributed by atoms with van der Waals surface area (Å²) in [6.45, 7) is 10.0. The van der Waals surface area contributed by atoms with Crippen LogP contribution in [0.3, 0.4) is 0 Å². The molecular formula is C21H33N3O2. The molecule has 0 aromatic heterocycles. The second kappa shape index (κ2) is 10.3.